The largest absolute Gasteiger partial charge is 0.489 e. The first-order valence-corrected chi connectivity index (χ1v) is 26.9. The minimum Gasteiger partial charge on any atom is -0.489 e. The lowest BCUT2D eigenvalue weighted by Gasteiger charge is -2.37. The topological polar surface area (TPSA) is 342 Å². The number of fused-ring (bicyclic) bond motifs is 6. The van der Waals surface area contributed by atoms with Gasteiger partial charge in [0.25, 0.3) is 0 Å². The molecule has 7 unspecified atom stereocenters. The Hall–Kier alpha value is -9.39. The summed E-state index contributed by atoms with van der Waals surface area (Å²) in [6, 6.07) is 4.82. The lowest BCUT2D eigenvalue weighted by atomic mass is 9.77. The molecule has 0 fully saturated rings. The van der Waals surface area contributed by atoms with Crippen LogP contribution in [0.25, 0.3) is 0 Å². The van der Waals surface area contributed by atoms with Crippen molar-refractivity contribution in [2.24, 2.45) is 0 Å². The number of carbonyl (C=O) groups is 11. The second kappa shape index (κ2) is 30.8. The molecule has 2 aliphatic rings. The zero-order valence-electron chi connectivity index (χ0n) is 50.1. The molecule has 2 aliphatic heterocycles. The van der Waals surface area contributed by atoms with Crippen molar-refractivity contribution in [2.45, 2.75) is 139 Å². The molecule has 0 N–H and O–H groups in total. The third-order valence-electron chi connectivity index (χ3n) is 12.0. The quantitative estimate of drug-likeness (QED) is 0.0374. The van der Waals surface area contributed by atoms with E-state index >= 15 is 8.78 Å². The molecule has 0 radical (unpaired) electrons. The van der Waals surface area contributed by atoms with Crippen LogP contribution in [0.3, 0.4) is 0 Å². The number of nitrogens with zero attached hydrogens (tertiary/aromatic N) is 2. The molecule has 0 bridgehead atoms. The summed E-state index contributed by atoms with van der Waals surface area (Å²) >= 11 is 0. The highest BCUT2D eigenvalue weighted by Gasteiger charge is 2.55. The van der Waals surface area contributed by atoms with E-state index in [-0.39, 0.29) is 64.9 Å². The highest BCUT2D eigenvalue weighted by atomic mass is 19.1. The summed E-state index contributed by atoms with van der Waals surface area (Å²) in [4.78, 5) is 141. The first kappa shape index (κ1) is 69.4. The minimum atomic E-state index is -2.42. The molecule has 0 aromatic heterocycles. The average molecular weight is 1250 g/mol. The molecule has 1 spiro atoms. The van der Waals surface area contributed by atoms with Crippen LogP contribution in [0, 0.1) is 11.6 Å². The van der Waals surface area contributed by atoms with Crippen molar-refractivity contribution < 1.29 is 137 Å². The third kappa shape index (κ3) is 19.3. The number of carbonyl (C=O) groups excluding carboxylic acids is 11. The van der Waals surface area contributed by atoms with Crippen molar-refractivity contribution in [3.05, 3.63) is 70.3 Å². The number of rotatable bonds is 30. The molecule has 88 heavy (non-hydrogen) atoms. The van der Waals surface area contributed by atoms with Crippen LogP contribution in [-0.2, 0) is 110 Å². The van der Waals surface area contributed by atoms with Gasteiger partial charge in [-0.1, -0.05) is 0 Å². The second-order valence-electron chi connectivity index (χ2n) is 19.3. The molecule has 2 heterocycles. The van der Waals surface area contributed by atoms with Gasteiger partial charge in [0.15, 0.2) is 28.7 Å². The van der Waals surface area contributed by atoms with E-state index in [0.717, 1.165) is 76.8 Å². The fourth-order valence-corrected chi connectivity index (χ4v) is 8.86. The highest BCUT2D eigenvalue weighted by molar-refractivity contribution is 5.99. The summed E-state index contributed by atoms with van der Waals surface area (Å²) in [6.45, 7) is 11.7. The van der Waals surface area contributed by atoms with Gasteiger partial charge in [0.2, 0.25) is 37.7 Å². The van der Waals surface area contributed by atoms with E-state index < -0.39 is 164 Å². The number of ether oxygens (including phenoxy) is 16. The van der Waals surface area contributed by atoms with Gasteiger partial charge in [-0.3, -0.25) is 52.8 Å². The van der Waals surface area contributed by atoms with Crippen LogP contribution in [0.2, 0.25) is 0 Å². The first-order valence-electron chi connectivity index (χ1n) is 26.9. The van der Waals surface area contributed by atoms with E-state index in [4.69, 9.17) is 75.8 Å². The molecule has 29 nitrogen and oxygen atoms in total. The molecule has 480 valence electrons. The van der Waals surface area contributed by atoms with Crippen molar-refractivity contribution in [1.29, 1.82) is 0 Å². The van der Waals surface area contributed by atoms with Crippen LogP contribution in [0.5, 0.6) is 28.7 Å². The Morgan fingerprint density at radius 1 is 0.477 bits per heavy atom. The van der Waals surface area contributed by atoms with Crippen LogP contribution in [0.4, 0.5) is 14.5 Å². The SMILES string of the molecule is CC(=O)OC(C)OC(=O)CN(CC(=O)OC(C)OC(C)=O)c1cc2c(cc1OCCOCCN(CC(=O)OC(C)OC(C)=O)C(C)C(=O)OC(C)OC(C)=O)C1(OC2=O)c2cc(F)c(OC(C)OC(C)=O)cc2Oc2cc(OC(C)OC(C)=O)c(F)cc21. The number of hydrogen-bond acceptors (Lipinski definition) is 29. The maximum Gasteiger partial charge on any atom is 0.340 e. The van der Waals surface area contributed by atoms with Gasteiger partial charge in [-0.25, -0.2) is 13.6 Å². The van der Waals surface area contributed by atoms with Crippen molar-refractivity contribution in [3.8, 4) is 28.7 Å². The van der Waals surface area contributed by atoms with Gasteiger partial charge in [-0.2, -0.15) is 0 Å². The van der Waals surface area contributed by atoms with Gasteiger partial charge in [0.05, 0.1) is 42.1 Å². The maximum atomic E-state index is 16.5. The lowest BCUT2D eigenvalue weighted by molar-refractivity contribution is -0.189. The summed E-state index contributed by atoms with van der Waals surface area (Å²) in [6.07, 6.45) is -8.33. The number of benzene rings is 3. The van der Waals surface area contributed by atoms with E-state index in [2.05, 4.69) is 0 Å². The Morgan fingerprint density at radius 2 is 0.886 bits per heavy atom. The summed E-state index contributed by atoms with van der Waals surface area (Å²) in [5.74, 6) is -14.3. The number of halogens is 2. The Bertz CT molecular complexity index is 3030. The van der Waals surface area contributed by atoms with E-state index in [0.29, 0.717) is 0 Å². The Morgan fingerprint density at radius 3 is 1.32 bits per heavy atom. The number of hydrogen-bond donors (Lipinski definition) is 0. The first-order chi connectivity index (χ1) is 41.3. The monoisotopic (exact) mass is 1250 g/mol. The molecule has 5 rings (SSSR count). The van der Waals surface area contributed by atoms with Gasteiger partial charge < -0.3 is 80.7 Å². The number of anilines is 1. The van der Waals surface area contributed by atoms with Crippen molar-refractivity contribution in [2.75, 3.05) is 50.9 Å². The normalized spacial score (nSPS) is 15.8. The zero-order chi connectivity index (χ0) is 65.5. The van der Waals surface area contributed by atoms with E-state index in [1.165, 1.54) is 59.4 Å². The molecule has 31 heteroatoms. The van der Waals surface area contributed by atoms with Gasteiger partial charge in [0, 0.05) is 107 Å². The molecule has 0 saturated heterocycles. The number of esters is 11. The molecule has 7 atom stereocenters. The van der Waals surface area contributed by atoms with Crippen LogP contribution >= 0.6 is 0 Å². The minimum absolute atomic E-state index is 0.211. The second-order valence-corrected chi connectivity index (χ2v) is 19.3. The van der Waals surface area contributed by atoms with E-state index in [9.17, 15) is 52.7 Å². The standard InChI is InChI=1S/C57H66F2N2O27/c1-27(55(71)86-39(13)80-33(7)67)60(24-52(68)83-36(10)77-30(4)64)14-15-73-16-17-74-51-21-41-40(18-46(51)61(25-53(69)84-37(11)78-31(5)65)26-54(70)85-38(12)79-32(6)66)56(72)88-57(41)42-19-44(58)49(81-34(8)75-28(2)62)22-47(42)87-48-23-50(45(59)20-43(48)57)82-35(9)76-29(3)63/h18-23,27,34-39H,14-17,24-26H2,1-13H3. The molecule has 3 aromatic rings. The Kier molecular flexibility index (Phi) is 24.3. The highest BCUT2D eigenvalue weighted by Crippen LogP contribution is 2.59. The van der Waals surface area contributed by atoms with Gasteiger partial charge in [-0.15, -0.1) is 0 Å². The van der Waals surface area contributed by atoms with Crippen LogP contribution < -0.4 is 23.8 Å². The molecule has 0 amide bonds. The molecule has 0 saturated carbocycles. The maximum absolute atomic E-state index is 16.5. The summed E-state index contributed by atoms with van der Waals surface area (Å²) in [5.41, 5.74) is -3.87. The molecular formula is C57H66F2N2O27. The van der Waals surface area contributed by atoms with Crippen molar-refractivity contribution in [1.82, 2.24) is 4.90 Å². The van der Waals surface area contributed by atoms with Crippen molar-refractivity contribution in [3.63, 3.8) is 0 Å². The van der Waals surface area contributed by atoms with Crippen molar-refractivity contribution >= 4 is 71.3 Å². The lowest BCUT2D eigenvalue weighted by Crippen LogP contribution is -2.46. The summed E-state index contributed by atoms with van der Waals surface area (Å²) in [5, 5.41) is 0. The van der Waals surface area contributed by atoms with Gasteiger partial charge in [-0.05, 0) is 31.2 Å². The van der Waals surface area contributed by atoms with Crippen LogP contribution in [0.1, 0.15) is 117 Å². The fraction of sp³-hybridized carbons (Fsp3) is 0.491. The molecular weight excluding hydrogens is 1180 g/mol. The Labute approximate surface area is 501 Å². The van der Waals surface area contributed by atoms with Gasteiger partial charge in [0.1, 0.15) is 43.0 Å². The summed E-state index contributed by atoms with van der Waals surface area (Å²) < 4.78 is 120. The van der Waals surface area contributed by atoms with Crippen LogP contribution in [0.15, 0.2) is 36.4 Å². The van der Waals surface area contributed by atoms with Crippen LogP contribution in [-0.4, -0.2) is 160 Å². The predicted octanol–water partition coefficient (Wildman–Crippen LogP) is 4.81. The third-order valence-corrected chi connectivity index (χ3v) is 12.0. The zero-order valence-corrected chi connectivity index (χ0v) is 50.1. The van der Waals surface area contributed by atoms with E-state index in [1.807, 2.05) is 0 Å². The average Bonchev–Trinajstić information content (AvgIpc) is 1.42. The molecule has 0 aliphatic carbocycles. The fourth-order valence-electron chi connectivity index (χ4n) is 8.86. The smallest absolute Gasteiger partial charge is 0.340 e. The van der Waals surface area contributed by atoms with E-state index in [1.54, 1.807) is 0 Å². The predicted molar refractivity (Wildman–Crippen MR) is 287 cm³/mol. The Balaban J connectivity index is 1.66. The van der Waals surface area contributed by atoms with Gasteiger partial charge >= 0.3 is 65.7 Å². The summed E-state index contributed by atoms with van der Waals surface area (Å²) in [7, 11) is 0. The molecule has 3 aromatic carbocycles.